The molecule has 3 aliphatic carbocycles. The quantitative estimate of drug-likeness (QED) is 0.115. The third-order valence-corrected chi connectivity index (χ3v) is 11.1. The first-order valence-corrected chi connectivity index (χ1v) is 18.6. The van der Waals surface area contributed by atoms with Crippen molar-refractivity contribution in [3.63, 3.8) is 0 Å². The van der Waals surface area contributed by atoms with E-state index in [2.05, 4.69) is 20.9 Å². The molecule has 0 aromatic carbocycles. The van der Waals surface area contributed by atoms with Gasteiger partial charge in [0.2, 0.25) is 29.7 Å². The molecule has 13 nitrogen and oxygen atoms in total. The van der Waals surface area contributed by atoms with E-state index in [1.165, 1.54) is 12.4 Å². The summed E-state index contributed by atoms with van der Waals surface area (Å²) in [6.07, 6.45) is 13.0. The molecule has 1 aliphatic heterocycles. The van der Waals surface area contributed by atoms with Gasteiger partial charge in [-0.2, -0.15) is 4.73 Å². The van der Waals surface area contributed by atoms with Crippen LogP contribution in [-0.2, 0) is 24.0 Å². The number of hydrogen-bond acceptors (Lipinski definition) is 8. The van der Waals surface area contributed by atoms with Crippen molar-refractivity contribution in [3.8, 4) is 0 Å². The molecule has 0 bridgehead atoms. The zero-order chi connectivity index (χ0) is 36.2. The van der Waals surface area contributed by atoms with E-state index < -0.39 is 58.7 Å². The number of nitrogens with one attached hydrogen (secondary N) is 3. The third-order valence-electron chi connectivity index (χ3n) is 11.1. The SMILES string of the molecule is CCC[C@H](NC(=O)[C@@H]1[C@H]2CCC[C@H]2CN1C(=O)[C@@H](NC(=O)[C@@H](CC(=O)c1c[n+]([O-])ccn1)C1CCCCC1)C(C)(C)C)C(=O)C(=O)NC1CC1. The Labute approximate surface area is 294 Å². The van der Waals surface area contributed by atoms with Gasteiger partial charge < -0.3 is 26.1 Å². The minimum absolute atomic E-state index is 0.00620. The third kappa shape index (κ3) is 8.87. The van der Waals surface area contributed by atoms with E-state index in [4.69, 9.17) is 0 Å². The van der Waals surface area contributed by atoms with Gasteiger partial charge in [0.1, 0.15) is 12.1 Å². The molecule has 274 valence electrons. The van der Waals surface area contributed by atoms with E-state index in [0.29, 0.717) is 24.1 Å². The van der Waals surface area contributed by atoms with Crippen LogP contribution in [0.4, 0.5) is 0 Å². The number of aromatic nitrogens is 2. The Bertz CT molecular complexity index is 1450. The summed E-state index contributed by atoms with van der Waals surface area (Å²) < 4.78 is 0.505. The summed E-state index contributed by atoms with van der Waals surface area (Å²) in [6.45, 7) is 7.82. The number of fused-ring (bicyclic) bond motifs is 1. The number of carbonyl (C=O) groups is 6. The molecule has 50 heavy (non-hydrogen) atoms. The zero-order valence-electron chi connectivity index (χ0n) is 29.9. The largest absolute Gasteiger partial charge is 0.619 e. The van der Waals surface area contributed by atoms with Gasteiger partial charge in [-0.05, 0) is 68.1 Å². The average Bonchev–Trinajstić information content (AvgIpc) is 3.65. The van der Waals surface area contributed by atoms with E-state index in [0.717, 1.165) is 70.4 Å². The fraction of sp³-hybridized carbons (Fsp3) is 0.730. The molecule has 1 aromatic rings. The smallest absolute Gasteiger partial charge is 0.289 e. The van der Waals surface area contributed by atoms with Gasteiger partial charge in [0.15, 0.2) is 17.7 Å². The lowest BCUT2D eigenvalue weighted by Gasteiger charge is -2.38. The Balaban J connectivity index is 1.36. The fourth-order valence-corrected chi connectivity index (χ4v) is 8.22. The van der Waals surface area contributed by atoms with Crippen molar-refractivity contribution in [2.45, 2.75) is 135 Å². The number of nitrogens with zero attached hydrogens (tertiary/aromatic N) is 3. The standard InChI is InChI=1S/C37H54N6O7/c1-5-10-27(31(45)35(48)39-24-15-16-24)40-34(47)30-25-14-9-13-23(25)20-43(30)36(49)32(37(2,3)4)41-33(46)26(22-11-7-6-8-12-22)19-29(44)28-21-42(50)18-17-38-28/h17-18,21-27,30,32H,5-16,19-20H2,1-4H3,(H,39,48)(H,40,47)(H,41,46)/t23-,25-,26-,27-,30-,32+/m0/s1. The van der Waals surface area contributed by atoms with Crippen LogP contribution >= 0.6 is 0 Å². The summed E-state index contributed by atoms with van der Waals surface area (Å²) in [5, 5.41) is 20.5. The molecule has 0 unspecified atom stereocenters. The van der Waals surface area contributed by atoms with E-state index in [1.54, 1.807) is 4.90 Å². The van der Waals surface area contributed by atoms with Gasteiger partial charge >= 0.3 is 0 Å². The number of Topliss-reactive ketones (excluding diaryl/α,β-unsaturated/α-hetero) is 2. The number of rotatable bonds is 14. The molecule has 6 atom stereocenters. The molecule has 4 fully saturated rings. The maximum atomic E-state index is 14.6. The molecule has 0 spiro atoms. The van der Waals surface area contributed by atoms with Crippen LogP contribution in [0, 0.1) is 34.3 Å². The van der Waals surface area contributed by atoms with Crippen molar-refractivity contribution < 1.29 is 33.5 Å². The minimum Gasteiger partial charge on any atom is -0.619 e. The van der Waals surface area contributed by atoms with E-state index in [9.17, 15) is 34.0 Å². The van der Waals surface area contributed by atoms with Crippen LogP contribution in [0.2, 0.25) is 0 Å². The maximum Gasteiger partial charge on any atom is 0.289 e. The average molecular weight is 695 g/mol. The number of ketones is 2. The summed E-state index contributed by atoms with van der Waals surface area (Å²) in [4.78, 5) is 87.7. The van der Waals surface area contributed by atoms with Crippen LogP contribution in [0.1, 0.15) is 122 Å². The van der Waals surface area contributed by atoms with Crippen LogP contribution in [0.5, 0.6) is 0 Å². The highest BCUT2D eigenvalue weighted by Gasteiger charge is 2.52. The van der Waals surface area contributed by atoms with E-state index >= 15 is 0 Å². The molecular weight excluding hydrogens is 640 g/mol. The first-order valence-electron chi connectivity index (χ1n) is 18.6. The highest BCUT2D eigenvalue weighted by Crippen LogP contribution is 2.43. The Hall–Kier alpha value is -3.90. The van der Waals surface area contributed by atoms with Crippen molar-refractivity contribution >= 4 is 35.2 Å². The Morgan fingerprint density at radius 1 is 0.980 bits per heavy atom. The first-order chi connectivity index (χ1) is 23.8. The summed E-state index contributed by atoms with van der Waals surface area (Å²) in [7, 11) is 0. The van der Waals surface area contributed by atoms with Crippen molar-refractivity contribution in [2.24, 2.45) is 29.1 Å². The number of carbonyl (C=O) groups excluding carboxylic acids is 6. The molecular formula is C37H54N6O7. The van der Waals surface area contributed by atoms with Crippen molar-refractivity contribution in [3.05, 3.63) is 29.5 Å². The van der Waals surface area contributed by atoms with Gasteiger partial charge in [-0.25, -0.2) is 4.98 Å². The molecule has 1 aromatic heterocycles. The lowest BCUT2D eigenvalue weighted by atomic mass is 9.76. The Morgan fingerprint density at radius 2 is 1.70 bits per heavy atom. The van der Waals surface area contributed by atoms with Crippen LogP contribution in [0.3, 0.4) is 0 Å². The fourth-order valence-electron chi connectivity index (χ4n) is 8.22. The van der Waals surface area contributed by atoms with E-state index in [-0.39, 0.29) is 41.8 Å². The predicted octanol–water partition coefficient (Wildman–Crippen LogP) is 2.77. The molecule has 0 radical (unpaired) electrons. The molecule has 2 heterocycles. The second kappa shape index (κ2) is 16.0. The second-order valence-electron chi connectivity index (χ2n) is 16.0. The van der Waals surface area contributed by atoms with Gasteiger partial charge in [0.25, 0.3) is 5.91 Å². The second-order valence-corrected chi connectivity index (χ2v) is 16.0. The van der Waals surface area contributed by atoms with Crippen LogP contribution in [-0.4, -0.2) is 75.8 Å². The number of hydrogen-bond donors (Lipinski definition) is 3. The van der Waals surface area contributed by atoms with Gasteiger partial charge in [0.05, 0.1) is 12.2 Å². The van der Waals surface area contributed by atoms with Crippen molar-refractivity contribution in [2.75, 3.05) is 6.54 Å². The topological polar surface area (TPSA) is 182 Å². The highest BCUT2D eigenvalue weighted by molar-refractivity contribution is 6.38. The summed E-state index contributed by atoms with van der Waals surface area (Å²) in [5.41, 5.74) is -0.759. The predicted molar refractivity (Wildman–Crippen MR) is 183 cm³/mol. The normalized spacial score (nSPS) is 24.1. The van der Waals surface area contributed by atoms with Crippen molar-refractivity contribution in [1.82, 2.24) is 25.8 Å². The molecule has 3 saturated carbocycles. The Morgan fingerprint density at radius 3 is 2.34 bits per heavy atom. The monoisotopic (exact) mass is 694 g/mol. The maximum absolute atomic E-state index is 14.6. The summed E-state index contributed by atoms with van der Waals surface area (Å²) >= 11 is 0. The van der Waals surface area contributed by atoms with E-state index in [1.807, 2.05) is 27.7 Å². The summed E-state index contributed by atoms with van der Waals surface area (Å²) in [6, 6.07) is -2.83. The molecule has 4 amide bonds. The van der Waals surface area contributed by atoms with Crippen LogP contribution in [0.25, 0.3) is 0 Å². The Kier molecular flexibility index (Phi) is 11.9. The van der Waals surface area contributed by atoms with Crippen LogP contribution < -0.4 is 20.7 Å². The summed E-state index contributed by atoms with van der Waals surface area (Å²) in [5.74, 6) is -3.78. The molecule has 1 saturated heterocycles. The number of amides is 4. The highest BCUT2D eigenvalue weighted by atomic mass is 16.5. The van der Waals surface area contributed by atoms with Crippen molar-refractivity contribution in [1.29, 1.82) is 0 Å². The minimum atomic E-state index is -0.999. The molecule has 13 heteroatoms. The lowest BCUT2D eigenvalue weighted by Crippen LogP contribution is -2.60. The lowest BCUT2D eigenvalue weighted by molar-refractivity contribution is -0.606. The van der Waals surface area contributed by atoms with Gasteiger partial charge in [0, 0.05) is 24.9 Å². The van der Waals surface area contributed by atoms with Gasteiger partial charge in [-0.15, -0.1) is 0 Å². The van der Waals surface area contributed by atoms with Gasteiger partial charge in [-0.1, -0.05) is 59.8 Å². The van der Waals surface area contributed by atoms with Gasteiger partial charge in [-0.3, -0.25) is 28.8 Å². The first kappa shape index (κ1) is 37.4. The molecule has 3 N–H and O–H groups in total. The molecule has 4 aliphatic rings. The zero-order valence-corrected chi connectivity index (χ0v) is 29.9. The number of likely N-dealkylation sites (tertiary alicyclic amines) is 1. The van der Waals surface area contributed by atoms with Crippen LogP contribution in [0.15, 0.2) is 18.6 Å². The molecule has 5 rings (SSSR count).